The predicted octanol–water partition coefficient (Wildman–Crippen LogP) is 2.73. The predicted molar refractivity (Wildman–Crippen MR) is 152 cm³/mol. The molecule has 0 bridgehead atoms. The van der Waals surface area contributed by atoms with Gasteiger partial charge in [0.1, 0.15) is 12.6 Å². The van der Waals surface area contributed by atoms with Gasteiger partial charge in [-0.05, 0) is 11.1 Å². The van der Waals surface area contributed by atoms with Crippen molar-refractivity contribution in [3.05, 3.63) is 90.0 Å². The Balaban J connectivity index is 1.71. The van der Waals surface area contributed by atoms with Crippen LogP contribution in [0.5, 0.6) is 0 Å². The van der Waals surface area contributed by atoms with E-state index >= 15 is 0 Å². The van der Waals surface area contributed by atoms with Crippen LogP contribution in [0.4, 0.5) is 4.79 Å². The van der Waals surface area contributed by atoms with Crippen molar-refractivity contribution in [2.24, 2.45) is 0 Å². The number of aromatic amines is 1. The summed E-state index contributed by atoms with van der Waals surface area (Å²) in [6.45, 7) is 3.96. The van der Waals surface area contributed by atoms with E-state index < -0.39 is 29.9 Å². The average molecular weight is 564 g/mol. The van der Waals surface area contributed by atoms with E-state index in [1.165, 1.54) is 24.5 Å². The number of esters is 1. The van der Waals surface area contributed by atoms with Crippen molar-refractivity contribution in [1.29, 1.82) is 0 Å². The molecule has 1 unspecified atom stereocenters. The zero-order valence-electron chi connectivity index (χ0n) is 23.6. The third-order valence-corrected chi connectivity index (χ3v) is 6.52. The van der Waals surface area contributed by atoms with E-state index in [-0.39, 0.29) is 38.0 Å². The number of imidazole rings is 1. The lowest BCUT2D eigenvalue weighted by Crippen LogP contribution is -2.53. The normalized spacial score (nSPS) is 11.7. The molecule has 0 spiro atoms. The van der Waals surface area contributed by atoms with Crippen molar-refractivity contribution < 1.29 is 28.7 Å². The maximum atomic E-state index is 13.7. The zero-order chi connectivity index (χ0) is 29.7. The van der Waals surface area contributed by atoms with Crippen molar-refractivity contribution in [3.63, 3.8) is 0 Å². The molecular weight excluding hydrogens is 526 g/mol. The van der Waals surface area contributed by atoms with Gasteiger partial charge in [0.05, 0.1) is 26.4 Å². The van der Waals surface area contributed by atoms with Crippen LogP contribution in [0.15, 0.2) is 73.2 Å². The van der Waals surface area contributed by atoms with Gasteiger partial charge in [0.15, 0.2) is 0 Å². The standard InChI is InChI=1S/C30H37N5O6/c1-30(2,23-12-8-5-9-13-23)20-32-26(36)18-35(15-14-27(37)40-3)28(38)25(16-24-17-31-21-33-24)34-29(39)41-19-22-10-6-4-7-11-22/h4-13,17,21,25H,14-16,18-20H2,1-3H3,(H,31,33)(H,32,36)(H,34,39). The molecular formula is C30H37N5O6. The second-order valence-corrected chi connectivity index (χ2v) is 10.2. The molecule has 0 saturated heterocycles. The highest BCUT2D eigenvalue weighted by molar-refractivity contribution is 5.90. The minimum absolute atomic E-state index is 0.0172. The lowest BCUT2D eigenvalue weighted by Gasteiger charge is -2.29. The summed E-state index contributed by atoms with van der Waals surface area (Å²) in [6, 6.07) is 17.8. The maximum absolute atomic E-state index is 13.7. The van der Waals surface area contributed by atoms with Gasteiger partial charge in [-0.3, -0.25) is 14.4 Å². The molecule has 0 aliphatic rings. The average Bonchev–Trinajstić information content (AvgIpc) is 3.50. The molecule has 41 heavy (non-hydrogen) atoms. The van der Waals surface area contributed by atoms with E-state index in [0.29, 0.717) is 12.2 Å². The molecule has 1 aromatic heterocycles. The van der Waals surface area contributed by atoms with Gasteiger partial charge in [-0.25, -0.2) is 9.78 Å². The fourth-order valence-corrected chi connectivity index (χ4v) is 4.08. The smallest absolute Gasteiger partial charge is 0.408 e. The molecule has 1 heterocycles. The summed E-state index contributed by atoms with van der Waals surface area (Å²) in [5.74, 6) is -1.49. The number of rotatable bonds is 14. The van der Waals surface area contributed by atoms with E-state index in [0.717, 1.165) is 11.1 Å². The number of benzene rings is 2. The summed E-state index contributed by atoms with van der Waals surface area (Å²) >= 11 is 0. The van der Waals surface area contributed by atoms with Crippen LogP contribution in [0.3, 0.4) is 0 Å². The summed E-state index contributed by atoms with van der Waals surface area (Å²) in [4.78, 5) is 59.5. The van der Waals surface area contributed by atoms with Crippen LogP contribution < -0.4 is 10.6 Å². The summed E-state index contributed by atoms with van der Waals surface area (Å²) in [5.41, 5.74) is 2.07. The van der Waals surface area contributed by atoms with Gasteiger partial charge in [-0.15, -0.1) is 0 Å². The monoisotopic (exact) mass is 563 g/mol. The number of nitrogens with zero attached hydrogens (tertiary/aromatic N) is 2. The Labute approximate surface area is 239 Å². The molecule has 0 radical (unpaired) electrons. The van der Waals surface area contributed by atoms with E-state index in [2.05, 4.69) is 20.6 Å². The molecule has 11 heteroatoms. The number of methoxy groups -OCH3 is 1. The van der Waals surface area contributed by atoms with Crippen LogP contribution in [-0.2, 0) is 42.3 Å². The topological polar surface area (TPSA) is 143 Å². The largest absolute Gasteiger partial charge is 0.469 e. The number of aromatic nitrogens is 2. The number of carbonyl (C=O) groups is 4. The van der Waals surface area contributed by atoms with E-state index in [1.54, 1.807) is 0 Å². The van der Waals surface area contributed by atoms with E-state index in [9.17, 15) is 19.2 Å². The van der Waals surface area contributed by atoms with E-state index in [4.69, 9.17) is 9.47 Å². The number of nitrogens with one attached hydrogen (secondary N) is 3. The maximum Gasteiger partial charge on any atom is 0.408 e. The van der Waals surface area contributed by atoms with Crippen LogP contribution in [-0.4, -0.2) is 71.5 Å². The second-order valence-electron chi connectivity index (χ2n) is 10.2. The highest BCUT2D eigenvalue weighted by atomic mass is 16.5. The minimum Gasteiger partial charge on any atom is -0.469 e. The number of hydrogen-bond acceptors (Lipinski definition) is 7. The van der Waals surface area contributed by atoms with Gasteiger partial charge < -0.3 is 30.0 Å². The van der Waals surface area contributed by atoms with E-state index in [1.807, 2.05) is 74.5 Å². The highest BCUT2D eigenvalue weighted by Gasteiger charge is 2.30. The number of carbonyl (C=O) groups excluding carboxylic acids is 4. The van der Waals surface area contributed by atoms with Crippen molar-refractivity contribution in [2.45, 2.75) is 44.8 Å². The lowest BCUT2D eigenvalue weighted by atomic mass is 9.84. The van der Waals surface area contributed by atoms with Gasteiger partial charge in [0.25, 0.3) is 0 Å². The Kier molecular flexibility index (Phi) is 11.4. The Hall–Kier alpha value is -4.67. The first-order valence-electron chi connectivity index (χ1n) is 13.3. The van der Waals surface area contributed by atoms with Gasteiger partial charge in [0.2, 0.25) is 11.8 Å². The Morgan fingerprint density at radius 3 is 2.34 bits per heavy atom. The van der Waals surface area contributed by atoms with Crippen molar-refractivity contribution >= 4 is 23.9 Å². The third kappa shape index (κ3) is 10.1. The minimum atomic E-state index is -1.09. The fraction of sp³-hybridized carbons (Fsp3) is 0.367. The summed E-state index contributed by atoms with van der Waals surface area (Å²) < 4.78 is 10.1. The van der Waals surface area contributed by atoms with Crippen molar-refractivity contribution in [1.82, 2.24) is 25.5 Å². The third-order valence-electron chi connectivity index (χ3n) is 6.52. The Morgan fingerprint density at radius 1 is 1.02 bits per heavy atom. The highest BCUT2D eigenvalue weighted by Crippen LogP contribution is 2.21. The molecule has 218 valence electrons. The van der Waals surface area contributed by atoms with Crippen LogP contribution >= 0.6 is 0 Å². The molecule has 0 saturated carbocycles. The number of ether oxygens (including phenoxy) is 2. The summed E-state index contributed by atoms with van der Waals surface area (Å²) in [7, 11) is 1.25. The quantitative estimate of drug-likeness (QED) is 0.256. The van der Waals surface area contributed by atoms with Gasteiger partial charge in [0, 0.05) is 36.8 Å². The number of hydrogen-bond donors (Lipinski definition) is 3. The SMILES string of the molecule is COC(=O)CCN(CC(=O)NCC(C)(C)c1ccccc1)C(=O)C(Cc1cnc[nH]1)NC(=O)OCc1ccccc1. The zero-order valence-corrected chi connectivity index (χ0v) is 23.6. The van der Waals surface area contributed by atoms with Crippen LogP contribution in [0, 0.1) is 0 Å². The van der Waals surface area contributed by atoms with Gasteiger partial charge in [-0.1, -0.05) is 74.5 Å². The second kappa shape index (κ2) is 15.2. The molecule has 0 aliphatic heterocycles. The molecule has 0 fully saturated rings. The van der Waals surface area contributed by atoms with Crippen LogP contribution in [0.2, 0.25) is 0 Å². The Morgan fingerprint density at radius 2 is 1.71 bits per heavy atom. The first kappa shape index (κ1) is 30.9. The van der Waals surface area contributed by atoms with Gasteiger partial charge >= 0.3 is 12.1 Å². The molecule has 3 amide bonds. The fourth-order valence-electron chi connectivity index (χ4n) is 4.08. The van der Waals surface area contributed by atoms with Gasteiger partial charge in [-0.2, -0.15) is 0 Å². The molecule has 1 atom stereocenters. The lowest BCUT2D eigenvalue weighted by molar-refractivity contribution is -0.143. The summed E-state index contributed by atoms with van der Waals surface area (Å²) in [6.07, 6.45) is 2.14. The number of alkyl carbamates (subject to hydrolysis) is 1. The summed E-state index contributed by atoms with van der Waals surface area (Å²) in [5, 5.41) is 5.51. The molecule has 0 aliphatic carbocycles. The molecule has 3 aromatic rings. The molecule has 3 N–H and O–H groups in total. The van der Waals surface area contributed by atoms with Crippen molar-refractivity contribution in [3.8, 4) is 0 Å². The molecule has 2 aromatic carbocycles. The van der Waals surface area contributed by atoms with Crippen LogP contribution in [0.25, 0.3) is 0 Å². The first-order chi connectivity index (χ1) is 19.7. The Bertz CT molecular complexity index is 1270. The molecule has 11 nitrogen and oxygen atoms in total. The number of H-pyrrole nitrogens is 1. The van der Waals surface area contributed by atoms with Crippen LogP contribution in [0.1, 0.15) is 37.1 Å². The number of amides is 3. The first-order valence-corrected chi connectivity index (χ1v) is 13.3. The van der Waals surface area contributed by atoms with Crippen molar-refractivity contribution in [2.75, 3.05) is 26.7 Å². The molecule has 3 rings (SSSR count).